The largest absolute Gasteiger partial charge is 0.362 e. The molecule has 1 saturated heterocycles. The summed E-state index contributed by atoms with van der Waals surface area (Å²) < 4.78 is 0. The molecular formula is C14H18ClN3. The molecule has 2 rings (SSSR count). The Bertz CT molecular complexity index is 467. The number of nitrogens with one attached hydrogen (secondary N) is 1. The summed E-state index contributed by atoms with van der Waals surface area (Å²) >= 11 is 6.20. The SMILES string of the molecule is Cc1c(Cl)cccc1N1C(C)CNCC1CC#N. The third kappa shape index (κ3) is 2.45. The van der Waals surface area contributed by atoms with Gasteiger partial charge in [-0.05, 0) is 31.5 Å². The lowest BCUT2D eigenvalue weighted by molar-refractivity contribution is 0.417. The Labute approximate surface area is 113 Å². The second-order valence-electron chi connectivity index (χ2n) is 4.81. The van der Waals surface area contributed by atoms with Crippen LogP contribution in [0.15, 0.2) is 18.2 Å². The quantitative estimate of drug-likeness (QED) is 0.892. The van der Waals surface area contributed by atoms with Gasteiger partial charge in [0.2, 0.25) is 0 Å². The lowest BCUT2D eigenvalue weighted by atomic mass is 10.0. The smallest absolute Gasteiger partial charge is 0.0643 e. The summed E-state index contributed by atoms with van der Waals surface area (Å²) in [4.78, 5) is 2.33. The van der Waals surface area contributed by atoms with E-state index in [1.165, 1.54) is 0 Å². The van der Waals surface area contributed by atoms with Gasteiger partial charge in [-0.3, -0.25) is 0 Å². The van der Waals surface area contributed by atoms with Crippen LogP contribution in [0.2, 0.25) is 5.02 Å². The zero-order chi connectivity index (χ0) is 13.1. The average Bonchev–Trinajstić information content (AvgIpc) is 2.34. The van der Waals surface area contributed by atoms with Crippen molar-refractivity contribution < 1.29 is 0 Å². The highest BCUT2D eigenvalue weighted by molar-refractivity contribution is 6.31. The van der Waals surface area contributed by atoms with Gasteiger partial charge < -0.3 is 10.2 Å². The standard InChI is InChI=1S/C14H18ClN3/c1-10-8-17-9-12(6-7-16)18(10)14-5-3-4-13(15)11(14)2/h3-5,10,12,17H,6,8-9H2,1-2H3. The first kappa shape index (κ1) is 13.2. The van der Waals surface area contributed by atoms with E-state index in [0.29, 0.717) is 12.5 Å². The summed E-state index contributed by atoms with van der Waals surface area (Å²) in [6.45, 7) is 6.00. The Hall–Kier alpha value is -1.24. The minimum atomic E-state index is 0.218. The van der Waals surface area contributed by atoms with Crippen molar-refractivity contribution in [2.24, 2.45) is 0 Å². The lowest BCUT2D eigenvalue weighted by Gasteiger charge is -2.43. The molecule has 2 atom stereocenters. The molecule has 0 aliphatic carbocycles. The van der Waals surface area contributed by atoms with Crippen molar-refractivity contribution in [3.05, 3.63) is 28.8 Å². The molecule has 0 bridgehead atoms. The van der Waals surface area contributed by atoms with Gasteiger partial charge in [-0.1, -0.05) is 17.7 Å². The number of rotatable bonds is 2. The van der Waals surface area contributed by atoms with Gasteiger partial charge in [0.1, 0.15) is 0 Å². The second-order valence-corrected chi connectivity index (χ2v) is 5.22. The van der Waals surface area contributed by atoms with Crippen LogP contribution in [0.4, 0.5) is 5.69 Å². The molecule has 0 amide bonds. The van der Waals surface area contributed by atoms with Crippen LogP contribution in [0.1, 0.15) is 18.9 Å². The van der Waals surface area contributed by atoms with Gasteiger partial charge in [0.25, 0.3) is 0 Å². The molecular weight excluding hydrogens is 246 g/mol. The van der Waals surface area contributed by atoms with Crippen LogP contribution in [-0.2, 0) is 0 Å². The number of piperazine rings is 1. The maximum Gasteiger partial charge on any atom is 0.0643 e. The summed E-state index contributed by atoms with van der Waals surface area (Å²) in [5.41, 5.74) is 2.24. The molecule has 1 aliphatic heterocycles. The number of anilines is 1. The summed E-state index contributed by atoms with van der Waals surface area (Å²) in [5, 5.41) is 13.1. The van der Waals surface area contributed by atoms with E-state index < -0.39 is 0 Å². The van der Waals surface area contributed by atoms with E-state index in [4.69, 9.17) is 16.9 Å². The maximum atomic E-state index is 8.96. The molecule has 96 valence electrons. The lowest BCUT2D eigenvalue weighted by Crippen LogP contribution is -2.56. The monoisotopic (exact) mass is 263 g/mol. The van der Waals surface area contributed by atoms with E-state index in [1.54, 1.807) is 0 Å². The first-order valence-electron chi connectivity index (χ1n) is 6.26. The highest BCUT2D eigenvalue weighted by atomic mass is 35.5. The maximum absolute atomic E-state index is 8.96. The van der Waals surface area contributed by atoms with Crippen LogP contribution < -0.4 is 10.2 Å². The van der Waals surface area contributed by atoms with Crippen molar-refractivity contribution >= 4 is 17.3 Å². The molecule has 3 nitrogen and oxygen atoms in total. The molecule has 1 aromatic rings. The van der Waals surface area contributed by atoms with E-state index >= 15 is 0 Å². The molecule has 2 unspecified atom stereocenters. The number of hydrogen-bond acceptors (Lipinski definition) is 3. The molecule has 1 heterocycles. The highest BCUT2D eigenvalue weighted by Crippen LogP contribution is 2.30. The number of hydrogen-bond donors (Lipinski definition) is 1. The second kappa shape index (κ2) is 5.60. The van der Waals surface area contributed by atoms with Gasteiger partial charge in [-0.2, -0.15) is 5.26 Å². The van der Waals surface area contributed by atoms with Crippen molar-refractivity contribution in [1.82, 2.24) is 5.32 Å². The van der Waals surface area contributed by atoms with E-state index in [-0.39, 0.29) is 6.04 Å². The summed E-state index contributed by atoms with van der Waals surface area (Å²) in [6.07, 6.45) is 0.531. The van der Waals surface area contributed by atoms with Gasteiger partial charge in [-0.15, -0.1) is 0 Å². The first-order valence-corrected chi connectivity index (χ1v) is 6.64. The van der Waals surface area contributed by atoms with Crippen molar-refractivity contribution in [3.63, 3.8) is 0 Å². The van der Waals surface area contributed by atoms with Gasteiger partial charge in [-0.25, -0.2) is 0 Å². The van der Waals surface area contributed by atoms with Crippen LogP contribution >= 0.6 is 11.6 Å². The predicted octanol–water partition coefficient (Wildman–Crippen LogP) is 2.73. The number of benzene rings is 1. The van der Waals surface area contributed by atoms with Crippen LogP contribution in [-0.4, -0.2) is 25.2 Å². The molecule has 4 heteroatoms. The van der Waals surface area contributed by atoms with Crippen molar-refractivity contribution in [3.8, 4) is 6.07 Å². The molecule has 1 fully saturated rings. The third-order valence-corrected chi connectivity index (χ3v) is 3.94. The third-order valence-electron chi connectivity index (χ3n) is 3.53. The zero-order valence-electron chi connectivity index (χ0n) is 10.8. The predicted molar refractivity (Wildman–Crippen MR) is 75.0 cm³/mol. The Kier molecular flexibility index (Phi) is 4.11. The Morgan fingerprint density at radius 2 is 2.28 bits per heavy atom. The Morgan fingerprint density at radius 1 is 1.50 bits per heavy atom. The molecule has 1 aromatic carbocycles. The van der Waals surface area contributed by atoms with Crippen molar-refractivity contribution in [1.29, 1.82) is 5.26 Å². The average molecular weight is 264 g/mol. The fourth-order valence-corrected chi connectivity index (χ4v) is 2.77. The summed E-state index contributed by atoms with van der Waals surface area (Å²) in [5.74, 6) is 0. The zero-order valence-corrected chi connectivity index (χ0v) is 11.5. The molecule has 0 spiro atoms. The first-order chi connectivity index (χ1) is 8.65. The van der Waals surface area contributed by atoms with Crippen molar-refractivity contribution in [2.75, 3.05) is 18.0 Å². The van der Waals surface area contributed by atoms with E-state index in [2.05, 4.69) is 29.3 Å². The van der Waals surface area contributed by atoms with Crippen LogP contribution in [0, 0.1) is 18.3 Å². The number of halogens is 1. The summed E-state index contributed by atoms with van der Waals surface area (Å²) in [7, 11) is 0. The molecule has 0 aromatic heterocycles. The fourth-order valence-electron chi connectivity index (χ4n) is 2.60. The Morgan fingerprint density at radius 3 is 3.00 bits per heavy atom. The fraction of sp³-hybridized carbons (Fsp3) is 0.500. The molecule has 1 N–H and O–H groups in total. The van der Waals surface area contributed by atoms with E-state index in [9.17, 15) is 0 Å². The molecule has 1 aliphatic rings. The van der Waals surface area contributed by atoms with Crippen LogP contribution in [0.3, 0.4) is 0 Å². The number of nitrogens with zero attached hydrogens (tertiary/aromatic N) is 2. The minimum Gasteiger partial charge on any atom is -0.362 e. The van der Waals surface area contributed by atoms with Gasteiger partial charge in [0.05, 0.1) is 18.5 Å². The van der Waals surface area contributed by atoms with Crippen LogP contribution in [0.5, 0.6) is 0 Å². The Balaban J connectivity index is 2.38. The molecule has 0 saturated carbocycles. The topological polar surface area (TPSA) is 39.1 Å². The minimum absolute atomic E-state index is 0.218. The van der Waals surface area contributed by atoms with Crippen molar-refractivity contribution in [2.45, 2.75) is 32.4 Å². The number of nitriles is 1. The van der Waals surface area contributed by atoms with E-state index in [0.717, 1.165) is 29.4 Å². The van der Waals surface area contributed by atoms with Crippen LogP contribution in [0.25, 0.3) is 0 Å². The molecule has 18 heavy (non-hydrogen) atoms. The van der Waals surface area contributed by atoms with Gasteiger partial charge in [0.15, 0.2) is 0 Å². The highest BCUT2D eigenvalue weighted by Gasteiger charge is 2.28. The van der Waals surface area contributed by atoms with Gasteiger partial charge >= 0.3 is 0 Å². The normalized spacial score (nSPS) is 23.8. The molecule has 0 radical (unpaired) electrons. The van der Waals surface area contributed by atoms with Gasteiger partial charge in [0, 0.05) is 29.8 Å². The summed E-state index contributed by atoms with van der Waals surface area (Å²) in [6, 6.07) is 8.84. The van der Waals surface area contributed by atoms with E-state index in [1.807, 2.05) is 19.1 Å².